The lowest BCUT2D eigenvalue weighted by Gasteiger charge is -2.13. The Kier molecular flexibility index (Phi) is 2.46. The molecule has 1 aliphatic rings. The Labute approximate surface area is 86.5 Å². The smallest absolute Gasteiger partial charge is 0.309 e. The van der Waals surface area contributed by atoms with Crippen LogP contribution in [0.5, 0.6) is 0 Å². The molecule has 0 aliphatic carbocycles. The van der Waals surface area contributed by atoms with Crippen molar-refractivity contribution in [2.75, 3.05) is 0 Å². The van der Waals surface area contributed by atoms with E-state index >= 15 is 0 Å². The lowest BCUT2D eigenvalue weighted by molar-refractivity contribution is -0.136. The molecule has 2 rings (SSSR count). The number of rotatable bonds is 2. The minimum absolute atomic E-state index is 0.0845. The molecule has 0 saturated carbocycles. The van der Waals surface area contributed by atoms with E-state index in [4.69, 9.17) is 16.7 Å². The average molecular weight is 215 g/mol. The van der Waals surface area contributed by atoms with Gasteiger partial charge in [0.1, 0.15) is 11.0 Å². The van der Waals surface area contributed by atoms with Crippen LogP contribution in [0.2, 0.25) is 5.15 Å². The average Bonchev–Trinajstić information content (AvgIpc) is 2.44. The maximum Gasteiger partial charge on any atom is 0.309 e. The molecule has 4 nitrogen and oxygen atoms in total. The third-order valence-corrected chi connectivity index (χ3v) is 2.82. The number of carboxylic acids is 1. The predicted octanol–water partition coefficient (Wildman–Crippen LogP) is 1.50. The molecule has 0 bridgehead atoms. The number of halogens is 1. The number of fused-ring (bicyclic) bond motifs is 1. The molecule has 76 valence electrons. The monoisotopic (exact) mass is 214 g/mol. The van der Waals surface area contributed by atoms with E-state index in [0.29, 0.717) is 10.8 Å². The molecule has 0 radical (unpaired) electrons. The van der Waals surface area contributed by atoms with Crippen LogP contribution in [0.25, 0.3) is 0 Å². The van der Waals surface area contributed by atoms with E-state index in [0.717, 1.165) is 31.6 Å². The maximum absolute atomic E-state index is 10.5. The van der Waals surface area contributed by atoms with E-state index < -0.39 is 5.97 Å². The molecular weight excluding hydrogens is 204 g/mol. The van der Waals surface area contributed by atoms with Gasteiger partial charge >= 0.3 is 5.97 Å². The second-order valence-corrected chi connectivity index (χ2v) is 3.80. The van der Waals surface area contributed by atoms with Gasteiger partial charge in [-0.2, -0.15) is 0 Å². The molecule has 2 heterocycles. The lowest BCUT2D eigenvalue weighted by Crippen LogP contribution is -2.10. The van der Waals surface area contributed by atoms with Crippen molar-refractivity contribution in [2.24, 2.45) is 0 Å². The van der Waals surface area contributed by atoms with Gasteiger partial charge in [0.2, 0.25) is 0 Å². The van der Waals surface area contributed by atoms with Crippen LogP contribution in [0.15, 0.2) is 0 Å². The molecule has 1 aromatic rings. The minimum atomic E-state index is -0.887. The van der Waals surface area contributed by atoms with Crippen LogP contribution in [-0.4, -0.2) is 20.6 Å². The molecule has 0 unspecified atom stereocenters. The quantitative estimate of drug-likeness (QED) is 0.812. The summed E-state index contributed by atoms with van der Waals surface area (Å²) in [4.78, 5) is 14.8. The number of carboxylic acid groups (broad SMARTS) is 1. The van der Waals surface area contributed by atoms with E-state index in [1.165, 1.54) is 0 Å². The van der Waals surface area contributed by atoms with Crippen LogP contribution in [0.3, 0.4) is 0 Å². The molecule has 1 N–H and O–H groups in total. The number of imidazole rings is 1. The molecule has 0 fully saturated rings. The normalized spacial score (nSPS) is 15.2. The van der Waals surface area contributed by atoms with Gasteiger partial charge in [-0.1, -0.05) is 11.6 Å². The summed E-state index contributed by atoms with van der Waals surface area (Å²) in [6.45, 7) is 0.862. The highest BCUT2D eigenvalue weighted by molar-refractivity contribution is 6.30. The Bertz CT molecular complexity index is 373. The third-order valence-electron chi connectivity index (χ3n) is 2.40. The summed E-state index contributed by atoms with van der Waals surface area (Å²) >= 11 is 6.02. The van der Waals surface area contributed by atoms with Crippen LogP contribution >= 0.6 is 11.6 Å². The summed E-state index contributed by atoms with van der Waals surface area (Å²) in [5.74, 6) is 0.0415. The van der Waals surface area contributed by atoms with Crippen molar-refractivity contribution in [3.8, 4) is 0 Å². The van der Waals surface area contributed by atoms with Gasteiger partial charge in [-0.15, -0.1) is 0 Å². The Morgan fingerprint density at radius 1 is 1.57 bits per heavy atom. The maximum atomic E-state index is 10.5. The molecule has 14 heavy (non-hydrogen) atoms. The number of hydrogen-bond donors (Lipinski definition) is 1. The summed E-state index contributed by atoms with van der Waals surface area (Å²) in [5, 5.41) is 9.15. The van der Waals surface area contributed by atoms with Gasteiger partial charge in [0.15, 0.2) is 0 Å². The van der Waals surface area contributed by atoms with Crippen molar-refractivity contribution in [1.82, 2.24) is 9.55 Å². The highest BCUT2D eigenvalue weighted by Gasteiger charge is 2.19. The number of carbonyl (C=O) groups is 1. The SMILES string of the molecule is O=C(O)Cc1nc2n(c1Cl)CCCC2. The topological polar surface area (TPSA) is 55.1 Å². The van der Waals surface area contributed by atoms with Gasteiger partial charge < -0.3 is 9.67 Å². The van der Waals surface area contributed by atoms with Gasteiger partial charge in [-0.3, -0.25) is 4.79 Å². The van der Waals surface area contributed by atoms with Crippen LogP contribution < -0.4 is 0 Å². The Hall–Kier alpha value is -1.03. The van der Waals surface area contributed by atoms with Crippen LogP contribution in [0.1, 0.15) is 24.4 Å². The van der Waals surface area contributed by atoms with Crippen molar-refractivity contribution in [1.29, 1.82) is 0 Å². The fourth-order valence-electron chi connectivity index (χ4n) is 1.76. The molecule has 1 aliphatic heterocycles. The summed E-state index contributed by atoms with van der Waals surface area (Å²) < 4.78 is 1.92. The van der Waals surface area contributed by atoms with E-state index in [9.17, 15) is 4.79 Å². The lowest BCUT2D eigenvalue weighted by atomic mass is 10.2. The van der Waals surface area contributed by atoms with E-state index in [1.807, 2.05) is 4.57 Å². The predicted molar refractivity (Wildman–Crippen MR) is 51.5 cm³/mol. The number of aliphatic carboxylic acids is 1. The molecule has 0 atom stereocenters. The van der Waals surface area contributed by atoms with Crippen molar-refractivity contribution in [3.63, 3.8) is 0 Å². The summed E-state index contributed by atoms with van der Waals surface area (Å²) in [6.07, 6.45) is 3.02. The highest BCUT2D eigenvalue weighted by atomic mass is 35.5. The standard InChI is InChI=1S/C9H11ClN2O2/c10-9-6(5-8(13)14)11-7-3-1-2-4-12(7)9/h1-5H2,(H,13,14). The van der Waals surface area contributed by atoms with Crippen molar-refractivity contribution < 1.29 is 9.90 Å². The molecule has 0 aromatic carbocycles. The number of hydrogen-bond acceptors (Lipinski definition) is 2. The third kappa shape index (κ3) is 1.62. The second kappa shape index (κ2) is 3.61. The Morgan fingerprint density at radius 2 is 2.36 bits per heavy atom. The first-order chi connectivity index (χ1) is 6.68. The summed E-state index contributed by atoms with van der Waals surface area (Å²) in [6, 6.07) is 0. The highest BCUT2D eigenvalue weighted by Crippen LogP contribution is 2.23. The first kappa shape index (κ1) is 9.52. The molecule has 0 spiro atoms. The first-order valence-electron chi connectivity index (χ1n) is 4.64. The van der Waals surface area contributed by atoms with E-state index in [1.54, 1.807) is 0 Å². The first-order valence-corrected chi connectivity index (χ1v) is 5.02. The largest absolute Gasteiger partial charge is 0.481 e. The fraction of sp³-hybridized carbons (Fsp3) is 0.556. The van der Waals surface area contributed by atoms with Crippen LogP contribution in [0, 0.1) is 0 Å². The summed E-state index contributed by atoms with van der Waals surface area (Å²) in [7, 11) is 0. The zero-order valence-electron chi connectivity index (χ0n) is 7.66. The van der Waals surface area contributed by atoms with Crippen LogP contribution in [0.4, 0.5) is 0 Å². The summed E-state index contributed by atoms with van der Waals surface area (Å²) in [5.41, 5.74) is 0.496. The fourth-order valence-corrected chi connectivity index (χ4v) is 2.05. The molecule has 5 heteroatoms. The van der Waals surface area contributed by atoms with Gasteiger partial charge in [0.25, 0.3) is 0 Å². The molecular formula is C9H11ClN2O2. The zero-order valence-corrected chi connectivity index (χ0v) is 8.42. The zero-order chi connectivity index (χ0) is 10.1. The number of aromatic nitrogens is 2. The van der Waals surface area contributed by atoms with Crippen molar-refractivity contribution in [2.45, 2.75) is 32.2 Å². The second-order valence-electron chi connectivity index (χ2n) is 3.44. The molecule has 0 amide bonds. The van der Waals surface area contributed by atoms with Crippen LogP contribution in [-0.2, 0) is 24.2 Å². The van der Waals surface area contributed by atoms with Crippen molar-refractivity contribution >= 4 is 17.6 Å². The Balaban J connectivity index is 2.33. The Morgan fingerprint density at radius 3 is 3.00 bits per heavy atom. The molecule has 0 saturated heterocycles. The van der Waals surface area contributed by atoms with Gasteiger partial charge in [-0.25, -0.2) is 4.98 Å². The number of nitrogens with zero attached hydrogens (tertiary/aromatic N) is 2. The minimum Gasteiger partial charge on any atom is -0.481 e. The van der Waals surface area contributed by atoms with Crippen molar-refractivity contribution in [3.05, 3.63) is 16.7 Å². The van der Waals surface area contributed by atoms with Gasteiger partial charge in [-0.05, 0) is 12.8 Å². The molecule has 1 aromatic heterocycles. The number of aryl methyl sites for hydroxylation is 1. The van der Waals surface area contributed by atoms with Gasteiger partial charge in [0, 0.05) is 13.0 Å². The van der Waals surface area contributed by atoms with E-state index in [-0.39, 0.29) is 6.42 Å². The van der Waals surface area contributed by atoms with Gasteiger partial charge in [0.05, 0.1) is 12.1 Å². The van der Waals surface area contributed by atoms with E-state index in [2.05, 4.69) is 4.98 Å².